The number of pyridine rings is 1. The Kier molecular flexibility index (Phi) is 5.88. The molecule has 4 N–H and O–H groups in total. The normalized spacial score (nSPS) is 13.7. The molecule has 1 aliphatic heterocycles. The number of ketones is 1. The monoisotopic (exact) mass is 416 g/mol. The maximum Gasteiger partial charge on any atom is 0.248 e. The highest BCUT2D eigenvalue weighted by Crippen LogP contribution is 2.26. The van der Waals surface area contributed by atoms with Crippen LogP contribution < -0.4 is 16.4 Å². The molecule has 3 heterocycles. The van der Waals surface area contributed by atoms with E-state index in [4.69, 9.17) is 11.5 Å². The fourth-order valence-corrected chi connectivity index (χ4v) is 3.83. The number of nitrogens with zero attached hydrogens (tertiary/aromatic N) is 4. The zero-order valence-corrected chi connectivity index (χ0v) is 17.1. The van der Waals surface area contributed by atoms with E-state index in [1.54, 1.807) is 36.7 Å². The lowest BCUT2D eigenvalue weighted by molar-refractivity contribution is 0.0984. The largest absolute Gasteiger partial charge is 0.382 e. The van der Waals surface area contributed by atoms with E-state index in [1.165, 1.54) is 12.6 Å². The lowest BCUT2D eigenvalue weighted by Gasteiger charge is -2.30. The van der Waals surface area contributed by atoms with Crippen LogP contribution in [0.5, 0.6) is 0 Å². The number of amides is 1. The quantitative estimate of drug-likeness (QED) is 0.591. The highest BCUT2D eigenvalue weighted by Gasteiger charge is 2.20. The van der Waals surface area contributed by atoms with Crippen molar-refractivity contribution < 1.29 is 9.59 Å². The third-order valence-corrected chi connectivity index (χ3v) is 5.43. The van der Waals surface area contributed by atoms with E-state index < -0.39 is 5.91 Å². The van der Waals surface area contributed by atoms with Gasteiger partial charge in [-0.3, -0.25) is 14.6 Å². The minimum Gasteiger partial charge on any atom is -0.382 e. The van der Waals surface area contributed by atoms with Gasteiger partial charge in [-0.15, -0.1) is 0 Å². The Bertz CT molecular complexity index is 1120. The second kappa shape index (κ2) is 8.91. The van der Waals surface area contributed by atoms with Crippen molar-refractivity contribution in [2.75, 3.05) is 23.7 Å². The van der Waals surface area contributed by atoms with Crippen molar-refractivity contribution in [1.29, 1.82) is 0 Å². The number of piperidine rings is 1. The molecule has 0 radical (unpaired) electrons. The molecule has 1 aromatic carbocycles. The summed E-state index contributed by atoms with van der Waals surface area (Å²) >= 11 is 0. The summed E-state index contributed by atoms with van der Waals surface area (Å²) in [6.45, 7) is 1.94. The Morgan fingerprint density at radius 2 is 1.87 bits per heavy atom. The predicted octanol–water partition coefficient (Wildman–Crippen LogP) is 2.64. The molecule has 0 atom stereocenters. The average molecular weight is 416 g/mol. The van der Waals surface area contributed by atoms with Gasteiger partial charge in [0.25, 0.3) is 0 Å². The van der Waals surface area contributed by atoms with E-state index in [-0.39, 0.29) is 23.7 Å². The van der Waals surface area contributed by atoms with Crippen molar-refractivity contribution in [3.05, 3.63) is 65.7 Å². The second-order valence-corrected chi connectivity index (χ2v) is 7.59. The van der Waals surface area contributed by atoms with Gasteiger partial charge in [-0.1, -0.05) is 12.1 Å². The Labute approximate surface area is 180 Å². The van der Waals surface area contributed by atoms with Gasteiger partial charge in [-0.05, 0) is 37.5 Å². The van der Waals surface area contributed by atoms with Crippen LogP contribution in [0.25, 0.3) is 11.3 Å². The second-order valence-electron chi connectivity index (χ2n) is 7.59. The van der Waals surface area contributed by atoms with Crippen LogP contribution in [-0.2, 0) is 6.42 Å². The van der Waals surface area contributed by atoms with Crippen LogP contribution in [0.1, 0.15) is 45.7 Å². The van der Waals surface area contributed by atoms with Crippen molar-refractivity contribution in [1.82, 2.24) is 15.0 Å². The van der Waals surface area contributed by atoms with Gasteiger partial charge in [0, 0.05) is 54.3 Å². The summed E-state index contributed by atoms with van der Waals surface area (Å²) in [5, 5.41) is 0. The number of primary amides is 1. The number of hydrogen-bond acceptors (Lipinski definition) is 7. The maximum atomic E-state index is 13.1. The summed E-state index contributed by atoms with van der Waals surface area (Å²) in [5.41, 5.74) is 14.8. The lowest BCUT2D eigenvalue weighted by atomic mass is 10.0. The molecule has 0 bridgehead atoms. The SMILES string of the molecule is NC(=O)c1cccc(-c2cnc(N)c(C(=O)Cc3cnccc3N3CCCCC3)n2)c1. The van der Waals surface area contributed by atoms with E-state index in [9.17, 15) is 9.59 Å². The average Bonchev–Trinajstić information content (AvgIpc) is 2.80. The molecule has 8 heteroatoms. The number of rotatable bonds is 6. The number of aromatic nitrogens is 3. The van der Waals surface area contributed by atoms with E-state index in [0.717, 1.165) is 37.2 Å². The van der Waals surface area contributed by atoms with Crippen LogP contribution in [-0.4, -0.2) is 39.7 Å². The first-order chi connectivity index (χ1) is 15.0. The van der Waals surface area contributed by atoms with Crippen molar-refractivity contribution in [2.24, 2.45) is 5.73 Å². The molecule has 31 heavy (non-hydrogen) atoms. The zero-order valence-electron chi connectivity index (χ0n) is 17.1. The summed E-state index contributed by atoms with van der Waals surface area (Å²) < 4.78 is 0. The van der Waals surface area contributed by atoms with Gasteiger partial charge in [-0.25, -0.2) is 9.97 Å². The van der Waals surface area contributed by atoms with Crippen LogP contribution in [0.2, 0.25) is 0 Å². The summed E-state index contributed by atoms with van der Waals surface area (Å²) in [6.07, 6.45) is 8.59. The molecule has 1 aliphatic rings. The van der Waals surface area contributed by atoms with Gasteiger partial charge in [-0.2, -0.15) is 0 Å². The molecular formula is C23H24N6O2. The molecule has 158 valence electrons. The third-order valence-electron chi connectivity index (χ3n) is 5.43. The summed E-state index contributed by atoms with van der Waals surface area (Å²) in [6, 6.07) is 8.67. The van der Waals surface area contributed by atoms with Crippen LogP contribution in [0.15, 0.2) is 48.9 Å². The molecule has 3 aromatic rings. The Hall–Kier alpha value is -3.81. The van der Waals surface area contributed by atoms with E-state index in [0.29, 0.717) is 16.8 Å². The predicted molar refractivity (Wildman–Crippen MR) is 119 cm³/mol. The molecule has 1 amide bonds. The number of anilines is 2. The molecule has 0 unspecified atom stereocenters. The van der Waals surface area contributed by atoms with E-state index in [1.807, 2.05) is 6.07 Å². The van der Waals surface area contributed by atoms with Crippen LogP contribution >= 0.6 is 0 Å². The Morgan fingerprint density at radius 1 is 1.06 bits per heavy atom. The molecule has 8 nitrogen and oxygen atoms in total. The Balaban J connectivity index is 1.62. The molecule has 0 saturated carbocycles. The standard InChI is InChI=1S/C23H24N6O2/c24-22-21(28-18(14-27-22)15-5-4-6-16(11-15)23(25)31)20(30)12-17-13-26-8-7-19(17)29-9-2-1-3-10-29/h4-8,11,13-14H,1-3,9-10,12H2,(H2,24,27)(H2,25,31). The number of carbonyl (C=O) groups excluding carboxylic acids is 2. The first-order valence-corrected chi connectivity index (χ1v) is 10.3. The summed E-state index contributed by atoms with van der Waals surface area (Å²) in [4.78, 5) is 39.7. The van der Waals surface area contributed by atoms with Gasteiger partial charge in [0.05, 0.1) is 11.9 Å². The molecule has 0 spiro atoms. The third kappa shape index (κ3) is 4.53. The highest BCUT2D eigenvalue weighted by molar-refractivity contribution is 6.00. The van der Waals surface area contributed by atoms with E-state index >= 15 is 0 Å². The van der Waals surface area contributed by atoms with Crippen molar-refractivity contribution in [3.63, 3.8) is 0 Å². The van der Waals surface area contributed by atoms with E-state index in [2.05, 4.69) is 19.9 Å². The highest BCUT2D eigenvalue weighted by atomic mass is 16.1. The fourth-order valence-electron chi connectivity index (χ4n) is 3.83. The van der Waals surface area contributed by atoms with Gasteiger partial charge in [0.15, 0.2) is 11.6 Å². The lowest BCUT2D eigenvalue weighted by Crippen LogP contribution is -2.30. The molecule has 0 aliphatic carbocycles. The number of nitrogen functional groups attached to an aromatic ring is 1. The number of benzene rings is 1. The van der Waals surface area contributed by atoms with Crippen LogP contribution in [0.4, 0.5) is 11.5 Å². The minimum absolute atomic E-state index is 0.0724. The zero-order chi connectivity index (χ0) is 21.8. The number of carbonyl (C=O) groups is 2. The first kappa shape index (κ1) is 20.5. The van der Waals surface area contributed by atoms with Crippen molar-refractivity contribution in [3.8, 4) is 11.3 Å². The summed E-state index contributed by atoms with van der Waals surface area (Å²) in [7, 11) is 0. The number of Topliss-reactive ketones (excluding diaryl/α,β-unsaturated/α-hetero) is 1. The number of hydrogen-bond donors (Lipinski definition) is 2. The van der Waals surface area contributed by atoms with Crippen LogP contribution in [0, 0.1) is 0 Å². The summed E-state index contributed by atoms with van der Waals surface area (Å²) in [5.74, 6) is -0.698. The van der Waals surface area contributed by atoms with Crippen LogP contribution in [0.3, 0.4) is 0 Å². The minimum atomic E-state index is -0.539. The fraction of sp³-hybridized carbons (Fsp3) is 0.261. The topological polar surface area (TPSA) is 128 Å². The first-order valence-electron chi connectivity index (χ1n) is 10.3. The van der Waals surface area contributed by atoms with Crippen molar-refractivity contribution in [2.45, 2.75) is 25.7 Å². The van der Waals surface area contributed by atoms with Gasteiger partial charge in [0.1, 0.15) is 5.69 Å². The Morgan fingerprint density at radius 3 is 2.65 bits per heavy atom. The van der Waals surface area contributed by atoms with Gasteiger partial charge in [0.2, 0.25) is 5.91 Å². The molecule has 1 fully saturated rings. The number of nitrogens with two attached hydrogens (primary N) is 2. The smallest absolute Gasteiger partial charge is 0.248 e. The maximum absolute atomic E-state index is 13.1. The van der Waals surface area contributed by atoms with Gasteiger partial charge >= 0.3 is 0 Å². The van der Waals surface area contributed by atoms with Gasteiger partial charge < -0.3 is 16.4 Å². The molecule has 4 rings (SSSR count). The van der Waals surface area contributed by atoms with Crippen molar-refractivity contribution >= 4 is 23.2 Å². The molecule has 1 saturated heterocycles. The molecule has 2 aromatic heterocycles. The molecular weight excluding hydrogens is 392 g/mol.